The molecule has 3 N–H and O–H groups in total. The normalized spacial score (nSPS) is 15.6. The van der Waals surface area contributed by atoms with E-state index in [-0.39, 0.29) is 30.3 Å². The summed E-state index contributed by atoms with van der Waals surface area (Å²) in [4.78, 5) is 27.0. The van der Waals surface area contributed by atoms with Crippen LogP contribution in [0.25, 0.3) is 0 Å². The lowest BCUT2D eigenvalue weighted by Gasteiger charge is -2.22. The number of nitrogens with zero attached hydrogens (tertiary/aromatic N) is 1. The Morgan fingerprint density at radius 1 is 1.20 bits per heavy atom. The van der Waals surface area contributed by atoms with Crippen LogP contribution in [-0.2, 0) is 11.2 Å². The third kappa shape index (κ3) is 5.74. The van der Waals surface area contributed by atoms with Gasteiger partial charge in [-0.15, -0.1) is 12.4 Å². The van der Waals surface area contributed by atoms with Crippen molar-refractivity contribution >= 4 is 29.9 Å². The van der Waals surface area contributed by atoms with Crippen molar-refractivity contribution in [3.8, 4) is 5.75 Å². The number of hydrogen-bond acceptors (Lipinski definition) is 4. The molecule has 0 spiro atoms. The van der Waals surface area contributed by atoms with E-state index in [1.165, 1.54) is 0 Å². The highest BCUT2D eigenvalue weighted by Crippen LogP contribution is 2.28. The number of halogens is 1. The first kappa shape index (κ1) is 23.7. The van der Waals surface area contributed by atoms with Gasteiger partial charge in [-0.2, -0.15) is 0 Å². The van der Waals surface area contributed by atoms with Crippen LogP contribution in [-0.4, -0.2) is 42.5 Å². The van der Waals surface area contributed by atoms with Crippen LogP contribution in [0.4, 0.5) is 5.69 Å². The molecule has 1 aliphatic rings. The van der Waals surface area contributed by atoms with Crippen molar-refractivity contribution in [1.29, 1.82) is 0 Å². The van der Waals surface area contributed by atoms with Gasteiger partial charge in [-0.25, -0.2) is 0 Å². The fourth-order valence-corrected chi connectivity index (χ4v) is 3.28. The number of benzene rings is 2. The molecule has 1 heterocycles. The monoisotopic (exact) mass is 431 g/mol. The average Bonchev–Trinajstić information content (AvgIpc) is 3.15. The number of rotatable bonds is 7. The second kappa shape index (κ2) is 10.5. The van der Waals surface area contributed by atoms with Crippen LogP contribution in [0.2, 0.25) is 0 Å². The Balaban J connectivity index is 0.00000320. The second-order valence-electron chi connectivity index (χ2n) is 7.91. The Morgan fingerprint density at radius 2 is 1.93 bits per heavy atom. The number of amides is 2. The van der Waals surface area contributed by atoms with Crippen molar-refractivity contribution in [3.63, 3.8) is 0 Å². The quantitative estimate of drug-likeness (QED) is 0.702. The van der Waals surface area contributed by atoms with E-state index in [4.69, 9.17) is 10.5 Å². The maximum atomic E-state index is 12.7. The molecule has 0 radical (unpaired) electrons. The van der Waals surface area contributed by atoms with Crippen LogP contribution in [0, 0.1) is 5.92 Å². The summed E-state index contributed by atoms with van der Waals surface area (Å²) in [6, 6.07) is 14.7. The number of carbonyl (C=O) groups is 2. The van der Waals surface area contributed by atoms with Gasteiger partial charge in [0.15, 0.2) is 6.10 Å². The standard InChI is InChI=1S/C23H29N3O3.ClH/c1-15(2)19(24)11-12-26(3)23(28)17-8-6-9-18(13-17)25-22(27)21-14-16-7-4-5-10-20(16)29-21;/h4-10,13,15,19,21H,11-12,14,24H2,1-3H3,(H,25,27);1H. The molecule has 3 rings (SSSR count). The molecule has 2 aromatic carbocycles. The minimum atomic E-state index is -0.563. The number of nitrogens with two attached hydrogens (primary N) is 1. The molecule has 2 atom stereocenters. The van der Waals surface area contributed by atoms with Crippen molar-refractivity contribution in [2.75, 3.05) is 18.9 Å². The highest BCUT2D eigenvalue weighted by atomic mass is 35.5. The molecule has 2 amide bonds. The van der Waals surface area contributed by atoms with Gasteiger partial charge in [-0.1, -0.05) is 38.1 Å². The minimum Gasteiger partial charge on any atom is -0.480 e. The highest BCUT2D eigenvalue weighted by Gasteiger charge is 2.28. The number of nitrogens with one attached hydrogen (secondary N) is 1. The van der Waals surface area contributed by atoms with E-state index in [1.54, 1.807) is 36.2 Å². The van der Waals surface area contributed by atoms with Crippen molar-refractivity contribution < 1.29 is 14.3 Å². The molecule has 162 valence electrons. The van der Waals surface area contributed by atoms with Gasteiger partial charge in [0.25, 0.3) is 11.8 Å². The fraction of sp³-hybridized carbons (Fsp3) is 0.391. The maximum absolute atomic E-state index is 12.7. The van der Waals surface area contributed by atoms with Crippen molar-refractivity contribution in [1.82, 2.24) is 4.90 Å². The molecule has 0 saturated heterocycles. The first-order valence-corrected chi connectivity index (χ1v) is 10.0. The lowest BCUT2D eigenvalue weighted by Crippen LogP contribution is -2.34. The topological polar surface area (TPSA) is 84.7 Å². The highest BCUT2D eigenvalue weighted by molar-refractivity contribution is 5.98. The van der Waals surface area contributed by atoms with Gasteiger partial charge in [0.05, 0.1) is 0 Å². The molecule has 0 fully saturated rings. The van der Waals surface area contributed by atoms with E-state index >= 15 is 0 Å². The molecule has 0 saturated carbocycles. The zero-order valence-electron chi connectivity index (χ0n) is 17.6. The summed E-state index contributed by atoms with van der Waals surface area (Å²) < 4.78 is 5.73. The zero-order valence-corrected chi connectivity index (χ0v) is 18.4. The molecule has 0 aliphatic carbocycles. The summed E-state index contributed by atoms with van der Waals surface area (Å²) in [7, 11) is 1.77. The van der Waals surface area contributed by atoms with E-state index in [0.29, 0.717) is 30.1 Å². The van der Waals surface area contributed by atoms with Gasteiger partial charge in [0, 0.05) is 37.3 Å². The molecule has 2 unspecified atom stereocenters. The van der Waals surface area contributed by atoms with Gasteiger partial charge < -0.3 is 20.7 Å². The van der Waals surface area contributed by atoms with Gasteiger partial charge in [0.2, 0.25) is 0 Å². The Kier molecular flexibility index (Phi) is 8.26. The van der Waals surface area contributed by atoms with Crippen LogP contribution in [0.1, 0.15) is 36.2 Å². The minimum absolute atomic E-state index is 0. The van der Waals surface area contributed by atoms with Crippen molar-refractivity contribution in [2.45, 2.75) is 38.8 Å². The number of ether oxygens (including phenoxy) is 1. The van der Waals surface area contributed by atoms with E-state index in [9.17, 15) is 9.59 Å². The smallest absolute Gasteiger partial charge is 0.265 e. The Bertz CT molecular complexity index is 863. The van der Waals surface area contributed by atoms with Crippen LogP contribution >= 0.6 is 12.4 Å². The van der Waals surface area contributed by atoms with Crippen LogP contribution < -0.4 is 15.8 Å². The van der Waals surface area contributed by atoms with Crippen molar-refractivity contribution in [2.24, 2.45) is 11.7 Å². The summed E-state index contributed by atoms with van der Waals surface area (Å²) in [6.07, 6.45) is 0.724. The summed E-state index contributed by atoms with van der Waals surface area (Å²) in [5.41, 5.74) is 8.21. The molecule has 6 nitrogen and oxygen atoms in total. The Labute approximate surface area is 184 Å². The van der Waals surface area contributed by atoms with Gasteiger partial charge in [-0.3, -0.25) is 9.59 Å². The summed E-state index contributed by atoms with van der Waals surface area (Å²) in [5.74, 6) is 0.808. The number of para-hydroxylation sites is 1. The van der Waals surface area contributed by atoms with Crippen molar-refractivity contribution in [3.05, 3.63) is 59.7 Å². The van der Waals surface area contributed by atoms with E-state index in [0.717, 1.165) is 17.7 Å². The molecule has 1 aliphatic heterocycles. The van der Waals surface area contributed by atoms with Crippen LogP contribution in [0.5, 0.6) is 5.75 Å². The van der Waals surface area contributed by atoms with Gasteiger partial charge in [0.1, 0.15) is 5.75 Å². The lowest BCUT2D eigenvalue weighted by atomic mass is 10.0. The predicted octanol–water partition coefficient (Wildman–Crippen LogP) is 3.50. The van der Waals surface area contributed by atoms with E-state index < -0.39 is 6.10 Å². The second-order valence-corrected chi connectivity index (χ2v) is 7.91. The Morgan fingerprint density at radius 3 is 2.63 bits per heavy atom. The number of fused-ring (bicyclic) bond motifs is 1. The van der Waals surface area contributed by atoms with Gasteiger partial charge in [-0.05, 0) is 42.2 Å². The van der Waals surface area contributed by atoms with Crippen LogP contribution in [0.3, 0.4) is 0 Å². The molecule has 0 aromatic heterocycles. The van der Waals surface area contributed by atoms with Crippen LogP contribution in [0.15, 0.2) is 48.5 Å². The summed E-state index contributed by atoms with van der Waals surface area (Å²) >= 11 is 0. The SMILES string of the molecule is CC(C)C(N)CCN(C)C(=O)c1cccc(NC(=O)C2Cc3ccccc3O2)c1.Cl. The van der Waals surface area contributed by atoms with Gasteiger partial charge >= 0.3 is 0 Å². The third-order valence-corrected chi connectivity index (χ3v) is 5.32. The summed E-state index contributed by atoms with van der Waals surface area (Å²) in [6.45, 7) is 4.74. The largest absolute Gasteiger partial charge is 0.480 e. The summed E-state index contributed by atoms with van der Waals surface area (Å²) in [5, 5.41) is 2.86. The lowest BCUT2D eigenvalue weighted by molar-refractivity contribution is -0.122. The molecular formula is C23H30ClN3O3. The average molecular weight is 432 g/mol. The molecule has 2 aromatic rings. The first-order chi connectivity index (χ1) is 13.8. The third-order valence-electron chi connectivity index (χ3n) is 5.32. The maximum Gasteiger partial charge on any atom is 0.265 e. The number of hydrogen-bond donors (Lipinski definition) is 2. The number of anilines is 1. The Hall–Kier alpha value is -2.57. The predicted molar refractivity (Wildman–Crippen MR) is 121 cm³/mol. The first-order valence-electron chi connectivity index (χ1n) is 10.0. The van der Waals surface area contributed by atoms with E-state index in [1.807, 2.05) is 24.3 Å². The molecule has 7 heteroatoms. The molecule has 0 bridgehead atoms. The molecular weight excluding hydrogens is 402 g/mol. The fourth-order valence-electron chi connectivity index (χ4n) is 3.28. The number of carbonyl (C=O) groups excluding carboxylic acids is 2. The molecule has 30 heavy (non-hydrogen) atoms. The van der Waals surface area contributed by atoms with E-state index in [2.05, 4.69) is 19.2 Å². The zero-order chi connectivity index (χ0) is 21.0.